The minimum Gasteiger partial charge on any atom is -0.481 e. The Labute approximate surface area is 80.3 Å². The molecule has 1 rings (SSSR count). The van der Waals surface area contributed by atoms with Crippen LogP contribution >= 0.6 is 0 Å². The van der Waals surface area contributed by atoms with Gasteiger partial charge in [-0.15, -0.1) is 0 Å². The van der Waals surface area contributed by atoms with Crippen LogP contribution in [-0.2, 0) is 6.61 Å². The molecule has 1 aromatic rings. The molecule has 0 amide bonds. The summed E-state index contributed by atoms with van der Waals surface area (Å²) in [6, 6.07) is 0. The number of hydrogen-bond donors (Lipinski definition) is 1. The summed E-state index contributed by atoms with van der Waals surface area (Å²) < 4.78 is 30.0. The van der Waals surface area contributed by atoms with E-state index in [0.29, 0.717) is 5.56 Å². The van der Waals surface area contributed by atoms with E-state index >= 15 is 0 Å². The minimum absolute atomic E-state index is 0.0494. The average molecular weight is 203 g/mol. The Morgan fingerprint density at radius 3 is 2.64 bits per heavy atom. The number of alkyl halides is 2. The number of aliphatic hydroxyl groups excluding tert-OH is 1. The maximum atomic E-state index is 12.6. The van der Waals surface area contributed by atoms with Crippen LogP contribution in [0.1, 0.15) is 23.1 Å². The lowest BCUT2D eigenvalue weighted by atomic mass is 10.1. The fourth-order valence-corrected chi connectivity index (χ4v) is 1.29. The summed E-state index contributed by atoms with van der Waals surface area (Å²) in [5, 5.41) is 8.95. The van der Waals surface area contributed by atoms with Gasteiger partial charge in [-0.25, -0.2) is 13.8 Å². The smallest absolute Gasteiger partial charge is 0.264 e. The van der Waals surface area contributed by atoms with Crippen molar-refractivity contribution >= 4 is 0 Å². The summed E-state index contributed by atoms with van der Waals surface area (Å²) in [5.41, 5.74) is 0.215. The molecule has 0 saturated heterocycles. The standard InChI is InChI=1S/C9H11F2NO2/c1-5-3-12-9(14-2)6(4-13)7(5)8(10)11/h3,8,13H,4H2,1-2H3. The summed E-state index contributed by atoms with van der Waals surface area (Å²) in [6.07, 6.45) is -1.33. The molecule has 1 heterocycles. The first-order valence-corrected chi connectivity index (χ1v) is 4.03. The van der Waals surface area contributed by atoms with E-state index in [-0.39, 0.29) is 17.0 Å². The predicted molar refractivity (Wildman–Crippen MR) is 46.4 cm³/mol. The van der Waals surface area contributed by atoms with E-state index in [1.165, 1.54) is 20.2 Å². The number of ether oxygens (including phenoxy) is 1. The van der Waals surface area contributed by atoms with Gasteiger partial charge in [0.2, 0.25) is 5.88 Å². The molecular weight excluding hydrogens is 192 g/mol. The highest BCUT2D eigenvalue weighted by Gasteiger charge is 2.19. The molecule has 0 atom stereocenters. The van der Waals surface area contributed by atoms with E-state index in [2.05, 4.69) is 4.98 Å². The molecule has 0 radical (unpaired) electrons. The van der Waals surface area contributed by atoms with E-state index in [1.54, 1.807) is 0 Å². The zero-order valence-electron chi connectivity index (χ0n) is 7.92. The van der Waals surface area contributed by atoms with Crippen LogP contribution < -0.4 is 4.74 Å². The largest absolute Gasteiger partial charge is 0.481 e. The molecular formula is C9H11F2NO2. The molecule has 1 N–H and O–H groups in total. The number of aryl methyl sites for hydroxylation is 1. The Morgan fingerprint density at radius 2 is 2.21 bits per heavy atom. The molecule has 14 heavy (non-hydrogen) atoms. The van der Waals surface area contributed by atoms with E-state index in [4.69, 9.17) is 9.84 Å². The van der Waals surface area contributed by atoms with Crippen molar-refractivity contribution in [3.05, 3.63) is 22.9 Å². The summed E-state index contributed by atoms with van der Waals surface area (Å²) >= 11 is 0. The number of nitrogens with zero attached hydrogens (tertiary/aromatic N) is 1. The van der Waals surface area contributed by atoms with Crippen molar-refractivity contribution in [3.8, 4) is 5.88 Å². The molecule has 3 nitrogen and oxygen atoms in total. The van der Waals surface area contributed by atoms with Crippen molar-refractivity contribution in [2.75, 3.05) is 7.11 Å². The highest BCUT2D eigenvalue weighted by Crippen LogP contribution is 2.30. The second kappa shape index (κ2) is 4.32. The number of rotatable bonds is 3. The number of aliphatic hydroxyl groups is 1. The Balaban J connectivity index is 3.35. The van der Waals surface area contributed by atoms with E-state index < -0.39 is 13.0 Å². The molecule has 0 aliphatic rings. The van der Waals surface area contributed by atoms with E-state index in [1.807, 2.05) is 0 Å². The van der Waals surface area contributed by atoms with Gasteiger partial charge >= 0.3 is 0 Å². The van der Waals surface area contributed by atoms with Crippen molar-refractivity contribution in [1.82, 2.24) is 4.98 Å². The molecule has 0 fully saturated rings. The molecule has 5 heteroatoms. The number of pyridine rings is 1. The van der Waals surface area contributed by atoms with Crippen molar-refractivity contribution < 1.29 is 18.6 Å². The van der Waals surface area contributed by atoms with Crippen LogP contribution in [0.4, 0.5) is 8.78 Å². The lowest BCUT2D eigenvalue weighted by Gasteiger charge is -2.12. The highest BCUT2D eigenvalue weighted by atomic mass is 19.3. The third-order valence-corrected chi connectivity index (χ3v) is 1.95. The Morgan fingerprint density at radius 1 is 1.57 bits per heavy atom. The average Bonchev–Trinajstić information content (AvgIpc) is 2.16. The van der Waals surface area contributed by atoms with Crippen LogP contribution in [0.5, 0.6) is 5.88 Å². The van der Waals surface area contributed by atoms with E-state index in [9.17, 15) is 8.78 Å². The molecule has 78 valence electrons. The zero-order valence-corrected chi connectivity index (χ0v) is 7.92. The third kappa shape index (κ3) is 1.82. The maximum absolute atomic E-state index is 12.6. The first-order chi connectivity index (χ1) is 6.61. The van der Waals surface area contributed by atoms with Crippen LogP contribution in [0.2, 0.25) is 0 Å². The molecule has 0 aliphatic heterocycles. The molecule has 0 saturated carbocycles. The van der Waals surface area contributed by atoms with Gasteiger partial charge in [-0.3, -0.25) is 0 Å². The Hall–Kier alpha value is -1.23. The maximum Gasteiger partial charge on any atom is 0.264 e. The van der Waals surface area contributed by atoms with Gasteiger partial charge in [-0.2, -0.15) is 0 Å². The lowest BCUT2D eigenvalue weighted by molar-refractivity contribution is 0.145. The van der Waals surface area contributed by atoms with Gasteiger partial charge < -0.3 is 9.84 Å². The van der Waals surface area contributed by atoms with Crippen molar-refractivity contribution in [2.24, 2.45) is 0 Å². The first-order valence-electron chi connectivity index (χ1n) is 4.03. The van der Waals surface area contributed by atoms with Crippen molar-refractivity contribution in [2.45, 2.75) is 20.0 Å². The highest BCUT2D eigenvalue weighted by molar-refractivity contribution is 5.39. The van der Waals surface area contributed by atoms with Gasteiger partial charge in [0, 0.05) is 17.3 Å². The normalized spacial score (nSPS) is 10.7. The second-order valence-electron chi connectivity index (χ2n) is 2.80. The monoisotopic (exact) mass is 203 g/mol. The van der Waals surface area contributed by atoms with Crippen molar-refractivity contribution in [3.63, 3.8) is 0 Å². The third-order valence-electron chi connectivity index (χ3n) is 1.95. The topological polar surface area (TPSA) is 42.4 Å². The molecule has 0 bridgehead atoms. The first kappa shape index (κ1) is 10.8. The summed E-state index contributed by atoms with van der Waals surface area (Å²) in [4.78, 5) is 3.80. The SMILES string of the molecule is COc1ncc(C)c(C(F)F)c1CO. The fourth-order valence-electron chi connectivity index (χ4n) is 1.29. The molecule has 0 aliphatic carbocycles. The molecule has 1 aromatic heterocycles. The Bertz CT molecular complexity index is 329. The number of methoxy groups -OCH3 is 1. The van der Waals surface area contributed by atoms with Crippen molar-refractivity contribution in [1.29, 1.82) is 0 Å². The number of aromatic nitrogens is 1. The summed E-state index contributed by atoms with van der Waals surface area (Å²) in [7, 11) is 1.33. The van der Waals surface area contributed by atoms with Crippen LogP contribution in [0, 0.1) is 6.92 Å². The van der Waals surface area contributed by atoms with Gasteiger partial charge in [0.1, 0.15) is 0 Å². The van der Waals surface area contributed by atoms with Gasteiger partial charge in [0.25, 0.3) is 6.43 Å². The predicted octanol–water partition coefficient (Wildman–Crippen LogP) is 1.83. The lowest BCUT2D eigenvalue weighted by Crippen LogP contribution is -2.03. The quantitative estimate of drug-likeness (QED) is 0.814. The molecule has 0 spiro atoms. The molecule has 0 aromatic carbocycles. The van der Waals surface area contributed by atoms with Crippen LogP contribution in [0.25, 0.3) is 0 Å². The summed E-state index contributed by atoms with van der Waals surface area (Å²) in [6.45, 7) is 1.02. The Kier molecular flexibility index (Phi) is 3.35. The van der Waals surface area contributed by atoms with Gasteiger partial charge in [-0.1, -0.05) is 0 Å². The number of hydrogen-bond acceptors (Lipinski definition) is 3. The van der Waals surface area contributed by atoms with Gasteiger partial charge in [-0.05, 0) is 12.5 Å². The fraction of sp³-hybridized carbons (Fsp3) is 0.444. The molecule has 0 unspecified atom stereocenters. The zero-order chi connectivity index (χ0) is 10.7. The second-order valence-corrected chi connectivity index (χ2v) is 2.80. The minimum atomic E-state index is -2.63. The van der Waals surface area contributed by atoms with Gasteiger partial charge in [0.15, 0.2) is 0 Å². The summed E-state index contributed by atoms with van der Waals surface area (Å²) in [5.74, 6) is 0.0494. The van der Waals surface area contributed by atoms with Gasteiger partial charge in [0.05, 0.1) is 13.7 Å². The number of halogens is 2. The van der Waals surface area contributed by atoms with Crippen LogP contribution in [-0.4, -0.2) is 17.2 Å². The van der Waals surface area contributed by atoms with E-state index in [0.717, 1.165) is 0 Å². The van der Waals surface area contributed by atoms with Crippen LogP contribution in [0.15, 0.2) is 6.20 Å². The van der Waals surface area contributed by atoms with Crippen LogP contribution in [0.3, 0.4) is 0 Å².